The smallest absolute Gasteiger partial charge is 0.258 e. The third-order valence-electron chi connectivity index (χ3n) is 7.23. The summed E-state index contributed by atoms with van der Waals surface area (Å²) in [6, 6.07) is 5.30. The molecule has 30 heavy (non-hydrogen) atoms. The molecule has 4 aliphatic rings. The molecule has 7 heteroatoms. The van der Waals surface area contributed by atoms with Crippen molar-refractivity contribution in [2.45, 2.75) is 45.3 Å². The highest BCUT2D eigenvalue weighted by atomic mass is 16.5. The fourth-order valence-corrected chi connectivity index (χ4v) is 5.45. The quantitative estimate of drug-likeness (QED) is 0.715. The third-order valence-corrected chi connectivity index (χ3v) is 7.23. The summed E-state index contributed by atoms with van der Waals surface area (Å²) in [4.78, 5) is 28.0. The Morgan fingerprint density at radius 2 is 2.13 bits per heavy atom. The lowest BCUT2D eigenvalue weighted by atomic mass is 9.60. The number of methoxy groups -OCH3 is 1. The number of amides is 2. The number of rotatable bonds is 7. The molecule has 5 rings (SSSR count). The fourth-order valence-electron chi connectivity index (χ4n) is 5.45. The monoisotopic (exact) mass is 415 g/mol. The van der Waals surface area contributed by atoms with Gasteiger partial charge in [0.1, 0.15) is 11.5 Å². The van der Waals surface area contributed by atoms with E-state index < -0.39 is 5.72 Å². The first-order valence-electron chi connectivity index (χ1n) is 11.2. The summed E-state index contributed by atoms with van der Waals surface area (Å²) in [5, 5.41) is 6.29. The van der Waals surface area contributed by atoms with Crippen LogP contribution in [0.3, 0.4) is 0 Å². The van der Waals surface area contributed by atoms with E-state index in [0.29, 0.717) is 30.0 Å². The maximum atomic E-state index is 12.9. The summed E-state index contributed by atoms with van der Waals surface area (Å²) in [6.07, 6.45) is 3.40. The lowest BCUT2D eigenvalue weighted by molar-refractivity contribution is -0.146. The Balaban J connectivity index is 1.44. The summed E-state index contributed by atoms with van der Waals surface area (Å²) >= 11 is 0. The molecule has 1 heterocycles. The molecule has 7 nitrogen and oxygen atoms in total. The zero-order valence-electron chi connectivity index (χ0n) is 18.2. The van der Waals surface area contributed by atoms with Crippen molar-refractivity contribution >= 4 is 11.8 Å². The summed E-state index contributed by atoms with van der Waals surface area (Å²) in [5.41, 5.74) is -0.175. The average Bonchev–Trinajstić information content (AvgIpc) is 2.76. The van der Waals surface area contributed by atoms with Crippen molar-refractivity contribution in [2.75, 3.05) is 33.3 Å². The van der Waals surface area contributed by atoms with Crippen LogP contribution in [-0.4, -0.2) is 55.7 Å². The Morgan fingerprint density at radius 1 is 1.33 bits per heavy atom. The minimum absolute atomic E-state index is 0.00159. The fraction of sp³-hybridized carbons (Fsp3) is 0.652. The number of fused-ring (bicyclic) bond motifs is 3. The van der Waals surface area contributed by atoms with Crippen LogP contribution in [0.2, 0.25) is 0 Å². The molecule has 0 saturated heterocycles. The van der Waals surface area contributed by atoms with Crippen LogP contribution in [0.15, 0.2) is 18.2 Å². The van der Waals surface area contributed by atoms with Gasteiger partial charge in [-0.3, -0.25) is 9.59 Å². The largest absolute Gasteiger partial charge is 0.497 e. The number of ether oxygens (including phenoxy) is 2. The minimum Gasteiger partial charge on any atom is -0.497 e. The van der Waals surface area contributed by atoms with Gasteiger partial charge in [-0.1, -0.05) is 13.8 Å². The molecule has 2 bridgehead atoms. The van der Waals surface area contributed by atoms with E-state index in [-0.39, 0.29) is 29.6 Å². The molecule has 164 valence electrons. The van der Waals surface area contributed by atoms with Crippen LogP contribution in [0, 0.1) is 17.8 Å². The molecule has 1 spiro atoms. The lowest BCUT2D eigenvalue weighted by Gasteiger charge is -2.55. The summed E-state index contributed by atoms with van der Waals surface area (Å²) in [7, 11) is 1.60. The highest BCUT2D eigenvalue weighted by Gasteiger charge is 2.57. The molecule has 3 aliphatic carbocycles. The van der Waals surface area contributed by atoms with Gasteiger partial charge in [0.25, 0.3) is 5.91 Å². The van der Waals surface area contributed by atoms with Gasteiger partial charge >= 0.3 is 0 Å². The van der Waals surface area contributed by atoms with E-state index in [4.69, 9.17) is 9.47 Å². The molecular formula is C23H33N3O4. The van der Waals surface area contributed by atoms with Crippen LogP contribution >= 0.6 is 0 Å². The van der Waals surface area contributed by atoms with E-state index in [1.807, 2.05) is 0 Å². The van der Waals surface area contributed by atoms with Gasteiger partial charge in [-0.25, -0.2) is 0 Å². The second-order valence-electron chi connectivity index (χ2n) is 8.71. The van der Waals surface area contributed by atoms with E-state index >= 15 is 0 Å². The van der Waals surface area contributed by atoms with Crippen LogP contribution < -0.4 is 20.1 Å². The summed E-state index contributed by atoms with van der Waals surface area (Å²) in [5.74, 6) is 1.64. The van der Waals surface area contributed by atoms with Gasteiger partial charge in [-0.05, 0) is 50.4 Å². The van der Waals surface area contributed by atoms with Gasteiger partial charge in [0.2, 0.25) is 5.91 Å². The van der Waals surface area contributed by atoms with Crippen molar-refractivity contribution in [3.05, 3.63) is 23.8 Å². The second-order valence-corrected chi connectivity index (χ2v) is 8.71. The van der Waals surface area contributed by atoms with Gasteiger partial charge in [-0.2, -0.15) is 0 Å². The zero-order chi connectivity index (χ0) is 21.3. The van der Waals surface area contributed by atoms with E-state index in [9.17, 15) is 9.59 Å². The van der Waals surface area contributed by atoms with Gasteiger partial charge in [0.15, 0.2) is 5.72 Å². The number of likely N-dealkylation sites (N-methyl/N-ethyl adjacent to an activating group) is 1. The molecule has 0 unspecified atom stereocenters. The second kappa shape index (κ2) is 8.46. The van der Waals surface area contributed by atoms with Crippen molar-refractivity contribution in [2.24, 2.45) is 17.8 Å². The Hall–Kier alpha value is -2.28. The van der Waals surface area contributed by atoms with E-state index in [1.54, 1.807) is 25.3 Å². The van der Waals surface area contributed by atoms with Crippen molar-refractivity contribution in [3.8, 4) is 11.5 Å². The van der Waals surface area contributed by atoms with Gasteiger partial charge in [-0.15, -0.1) is 0 Å². The average molecular weight is 416 g/mol. The molecule has 1 aromatic rings. The Bertz CT molecular complexity index is 810. The predicted octanol–water partition coefficient (Wildman–Crippen LogP) is 2.41. The number of benzene rings is 1. The first-order valence-corrected chi connectivity index (χ1v) is 11.2. The summed E-state index contributed by atoms with van der Waals surface area (Å²) < 4.78 is 11.7. The number of hydrogen-bond acceptors (Lipinski definition) is 5. The van der Waals surface area contributed by atoms with Crippen molar-refractivity contribution < 1.29 is 19.1 Å². The van der Waals surface area contributed by atoms with Crippen molar-refractivity contribution in [1.82, 2.24) is 15.5 Å². The third kappa shape index (κ3) is 3.75. The first-order chi connectivity index (χ1) is 14.5. The van der Waals surface area contributed by atoms with E-state index in [2.05, 4.69) is 29.4 Å². The zero-order valence-corrected chi connectivity index (χ0v) is 18.2. The van der Waals surface area contributed by atoms with E-state index in [1.165, 1.54) is 0 Å². The molecular weight excluding hydrogens is 382 g/mol. The van der Waals surface area contributed by atoms with Crippen LogP contribution in [0.4, 0.5) is 0 Å². The molecule has 3 fully saturated rings. The molecule has 2 N–H and O–H groups in total. The number of nitrogens with one attached hydrogen (secondary N) is 2. The van der Waals surface area contributed by atoms with E-state index in [0.717, 1.165) is 38.9 Å². The van der Waals surface area contributed by atoms with Gasteiger partial charge in [0.05, 0.1) is 12.7 Å². The first kappa shape index (κ1) is 21.0. The van der Waals surface area contributed by atoms with Crippen LogP contribution in [0.1, 0.15) is 49.9 Å². The molecule has 4 atom stereocenters. The molecule has 0 radical (unpaired) electrons. The maximum absolute atomic E-state index is 12.9. The van der Waals surface area contributed by atoms with Gasteiger partial charge < -0.3 is 25.0 Å². The van der Waals surface area contributed by atoms with Crippen molar-refractivity contribution in [1.29, 1.82) is 0 Å². The van der Waals surface area contributed by atoms with Crippen LogP contribution in [0.25, 0.3) is 0 Å². The highest BCUT2D eigenvalue weighted by Crippen LogP contribution is 2.52. The molecule has 1 aliphatic heterocycles. The predicted molar refractivity (Wildman–Crippen MR) is 114 cm³/mol. The number of hydrogen-bond donors (Lipinski definition) is 2. The highest BCUT2D eigenvalue weighted by molar-refractivity contribution is 5.98. The number of nitrogens with zero attached hydrogens (tertiary/aromatic N) is 1. The summed E-state index contributed by atoms with van der Waals surface area (Å²) in [6.45, 7) is 7.81. The van der Waals surface area contributed by atoms with Crippen LogP contribution in [0.5, 0.6) is 11.5 Å². The van der Waals surface area contributed by atoms with Crippen LogP contribution in [-0.2, 0) is 4.79 Å². The normalized spacial score (nSPS) is 29.3. The Kier molecular flexibility index (Phi) is 5.91. The maximum Gasteiger partial charge on any atom is 0.258 e. The minimum atomic E-state index is -0.711. The lowest BCUT2D eigenvalue weighted by Crippen LogP contribution is -2.67. The standard InChI is InChI=1S/C23H33N3O4/c1-4-26(5-2)11-10-24-21(27)19-12-16-7-6-15(19)14-23(16)25-22(28)18-9-8-17(29-3)13-20(18)30-23/h8-9,13,15-16,19H,4-7,10-12,14H2,1-3H3,(H,24,27)(H,25,28)/t15-,16+,19-,23+/m1/s1. The topological polar surface area (TPSA) is 79.9 Å². The molecule has 2 amide bonds. The number of carbonyl (C=O) groups excluding carboxylic acids is 2. The molecule has 1 aromatic carbocycles. The SMILES string of the molecule is CCN(CC)CCNC(=O)[C@@H]1C[C@@H]2CC[C@@H]1C[C@@]21NC(=O)c2ccc(OC)cc2O1. The molecule has 0 aromatic heterocycles. The Labute approximate surface area is 178 Å². The van der Waals surface area contributed by atoms with Gasteiger partial charge in [0, 0.05) is 37.4 Å². The Morgan fingerprint density at radius 3 is 2.80 bits per heavy atom. The number of carbonyl (C=O) groups is 2. The van der Waals surface area contributed by atoms with Crippen molar-refractivity contribution in [3.63, 3.8) is 0 Å². The molecule has 3 saturated carbocycles.